The molecule has 2 N–H and O–H groups in total. The zero-order valence-electron chi connectivity index (χ0n) is 7.45. The van der Waals surface area contributed by atoms with Gasteiger partial charge in [-0.05, 0) is 12.8 Å². The highest BCUT2D eigenvalue weighted by molar-refractivity contribution is 5.82. The van der Waals surface area contributed by atoms with Crippen LogP contribution in [-0.4, -0.2) is 35.7 Å². The largest absolute Gasteiger partial charge is 0.480 e. The molecule has 0 aromatic carbocycles. The summed E-state index contributed by atoms with van der Waals surface area (Å²) in [4.78, 5) is 21.4. The summed E-state index contributed by atoms with van der Waals surface area (Å²) < 4.78 is 5.18. The fourth-order valence-corrected chi connectivity index (χ4v) is 1.40. The Hall–Kier alpha value is -1.10. The summed E-state index contributed by atoms with van der Waals surface area (Å²) in [6, 6.07) is -0.903. The highest BCUT2D eigenvalue weighted by atomic mass is 16.5. The molecular weight excluding hydrogens is 174 g/mol. The number of carboxylic acid groups (broad SMARTS) is 1. The molecule has 1 saturated heterocycles. The van der Waals surface area contributed by atoms with Gasteiger partial charge in [0.2, 0.25) is 5.91 Å². The average Bonchev–Trinajstić information content (AvgIpc) is 2.50. The lowest BCUT2D eigenvalue weighted by Gasteiger charge is -2.18. The molecule has 13 heavy (non-hydrogen) atoms. The maximum absolute atomic E-state index is 10.7. The lowest BCUT2D eigenvalue weighted by atomic mass is 10.1. The molecule has 74 valence electrons. The molecule has 1 aliphatic rings. The lowest BCUT2D eigenvalue weighted by Crippen LogP contribution is -2.47. The molecule has 0 bridgehead atoms. The summed E-state index contributed by atoms with van der Waals surface area (Å²) in [5.41, 5.74) is 0. The van der Waals surface area contributed by atoms with Crippen molar-refractivity contribution in [1.29, 1.82) is 0 Å². The van der Waals surface area contributed by atoms with Gasteiger partial charge in [-0.25, -0.2) is 4.79 Å². The van der Waals surface area contributed by atoms with E-state index >= 15 is 0 Å². The number of hydrogen-bond acceptors (Lipinski definition) is 3. The molecule has 1 heterocycles. The van der Waals surface area contributed by atoms with Crippen LogP contribution in [0.3, 0.4) is 0 Å². The van der Waals surface area contributed by atoms with Gasteiger partial charge < -0.3 is 15.2 Å². The Kier molecular flexibility index (Phi) is 3.25. The minimum Gasteiger partial charge on any atom is -0.480 e. The molecule has 1 aliphatic heterocycles. The summed E-state index contributed by atoms with van der Waals surface area (Å²) >= 11 is 0. The van der Waals surface area contributed by atoms with E-state index in [0.717, 1.165) is 6.42 Å². The molecule has 5 heteroatoms. The summed E-state index contributed by atoms with van der Waals surface area (Å²) in [5, 5.41) is 11.1. The number of carbonyl (C=O) groups is 2. The minimum absolute atomic E-state index is 0.345. The Morgan fingerprint density at radius 2 is 2.31 bits per heavy atom. The molecule has 1 fully saturated rings. The Bertz CT molecular complexity index is 210. The standard InChI is InChI=1S/C8H13NO4/c1-5(10)9-7(8(11)12)6-3-2-4-13-6/h6-7H,2-4H2,1H3,(H,9,10)(H,11,12). The van der Waals surface area contributed by atoms with Crippen molar-refractivity contribution in [3.05, 3.63) is 0 Å². The Labute approximate surface area is 76.1 Å². The lowest BCUT2D eigenvalue weighted by molar-refractivity contribution is -0.145. The molecule has 5 nitrogen and oxygen atoms in total. The first-order valence-electron chi connectivity index (χ1n) is 4.23. The van der Waals surface area contributed by atoms with Crippen molar-refractivity contribution in [2.75, 3.05) is 6.61 Å². The van der Waals surface area contributed by atoms with Crippen molar-refractivity contribution in [3.63, 3.8) is 0 Å². The fourth-order valence-electron chi connectivity index (χ4n) is 1.40. The van der Waals surface area contributed by atoms with Crippen molar-refractivity contribution >= 4 is 11.9 Å². The molecule has 0 radical (unpaired) electrons. The van der Waals surface area contributed by atoms with Gasteiger partial charge in [0.25, 0.3) is 0 Å². The number of carbonyl (C=O) groups excluding carboxylic acids is 1. The second-order valence-corrected chi connectivity index (χ2v) is 3.07. The fraction of sp³-hybridized carbons (Fsp3) is 0.750. The normalized spacial score (nSPS) is 23.9. The van der Waals surface area contributed by atoms with E-state index in [4.69, 9.17) is 9.84 Å². The summed E-state index contributed by atoms with van der Waals surface area (Å²) in [6.07, 6.45) is 1.17. The van der Waals surface area contributed by atoms with E-state index in [9.17, 15) is 9.59 Å². The molecule has 2 unspecified atom stereocenters. The highest BCUT2D eigenvalue weighted by Gasteiger charge is 2.31. The van der Waals surface area contributed by atoms with Crippen LogP contribution < -0.4 is 5.32 Å². The van der Waals surface area contributed by atoms with Gasteiger partial charge in [-0.3, -0.25) is 4.79 Å². The molecule has 1 amide bonds. The molecule has 0 aromatic rings. The van der Waals surface area contributed by atoms with Gasteiger partial charge >= 0.3 is 5.97 Å². The van der Waals surface area contributed by atoms with Crippen molar-refractivity contribution in [2.24, 2.45) is 0 Å². The Morgan fingerprint density at radius 3 is 2.69 bits per heavy atom. The van der Waals surface area contributed by atoms with Crippen molar-refractivity contribution in [3.8, 4) is 0 Å². The van der Waals surface area contributed by atoms with E-state index in [1.54, 1.807) is 0 Å². The second-order valence-electron chi connectivity index (χ2n) is 3.07. The average molecular weight is 187 g/mol. The number of nitrogens with one attached hydrogen (secondary N) is 1. The quantitative estimate of drug-likeness (QED) is 0.639. The summed E-state index contributed by atoms with van der Waals surface area (Å²) in [6.45, 7) is 1.87. The van der Waals surface area contributed by atoms with Crippen LogP contribution in [0.2, 0.25) is 0 Å². The zero-order chi connectivity index (χ0) is 9.84. The third kappa shape index (κ3) is 2.69. The highest BCUT2D eigenvalue weighted by Crippen LogP contribution is 2.15. The number of hydrogen-bond donors (Lipinski definition) is 2. The molecule has 0 aromatic heterocycles. The topological polar surface area (TPSA) is 75.6 Å². The van der Waals surface area contributed by atoms with Crippen LogP contribution in [0.4, 0.5) is 0 Å². The van der Waals surface area contributed by atoms with E-state index in [1.807, 2.05) is 0 Å². The van der Waals surface area contributed by atoms with E-state index < -0.39 is 12.0 Å². The predicted molar refractivity (Wildman–Crippen MR) is 44.2 cm³/mol. The third-order valence-corrected chi connectivity index (χ3v) is 1.96. The zero-order valence-corrected chi connectivity index (χ0v) is 7.45. The van der Waals surface area contributed by atoms with Crippen molar-refractivity contribution < 1.29 is 19.4 Å². The summed E-state index contributed by atoms with van der Waals surface area (Å²) in [7, 11) is 0. The number of carboxylic acids is 1. The van der Waals surface area contributed by atoms with Gasteiger partial charge in [0.1, 0.15) is 0 Å². The molecule has 0 aliphatic carbocycles. The first kappa shape index (κ1) is 9.98. The monoisotopic (exact) mass is 187 g/mol. The van der Waals surface area contributed by atoms with E-state index in [2.05, 4.69) is 5.32 Å². The first-order valence-corrected chi connectivity index (χ1v) is 4.23. The molecule has 0 spiro atoms. The van der Waals surface area contributed by atoms with E-state index in [0.29, 0.717) is 13.0 Å². The van der Waals surface area contributed by atoms with Gasteiger partial charge in [-0.15, -0.1) is 0 Å². The van der Waals surface area contributed by atoms with Crippen LogP contribution in [0.15, 0.2) is 0 Å². The van der Waals surface area contributed by atoms with Crippen LogP contribution in [-0.2, 0) is 14.3 Å². The second kappa shape index (κ2) is 4.23. The Balaban J connectivity index is 2.55. The van der Waals surface area contributed by atoms with E-state index in [1.165, 1.54) is 6.92 Å². The number of rotatable bonds is 3. The number of amides is 1. The van der Waals surface area contributed by atoms with Crippen LogP contribution in [0, 0.1) is 0 Å². The predicted octanol–water partition coefficient (Wildman–Crippen LogP) is -0.245. The number of aliphatic carboxylic acids is 1. The van der Waals surface area contributed by atoms with Gasteiger partial charge in [-0.1, -0.05) is 0 Å². The molecule has 2 atom stereocenters. The molecular formula is C8H13NO4. The number of ether oxygens (including phenoxy) is 1. The minimum atomic E-state index is -1.04. The first-order chi connectivity index (χ1) is 6.11. The van der Waals surface area contributed by atoms with Crippen LogP contribution in [0.5, 0.6) is 0 Å². The van der Waals surface area contributed by atoms with Crippen LogP contribution in [0.1, 0.15) is 19.8 Å². The molecule has 0 saturated carbocycles. The van der Waals surface area contributed by atoms with Crippen LogP contribution >= 0.6 is 0 Å². The van der Waals surface area contributed by atoms with Gasteiger partial charge in [0.05, 0.1) is 6.10 Å². The smallest absolute Gasteiger partial charge is 0.328 e. The van der Waals surface area contributed by atoms with Gasteiger partial charge in [0.15, 0.2) is 6.04 Å². The summed E-state index contributed by atoms with van der Waals surface area (Å²) in [5.74, 6) is -1.38. The van der Waals surface area contributed by atoms with E-state index in [-0.39, 0.29) is 12.0 Å². The molecule has 1 rings (SSSR count). The SMILES string of the molecule is CC(=O)NC(C(=O)O)C1CCCO1. The van der Waals surface area contributed by atoms with Crippen molar-refractivity contribution in [1.82, 2.24) is 5.32 Å². The van der Waals surface area contributed by atoms with Crippen molar-refractivity contribution in [2.45, 2.75) is 31.9 Å². The van der Waals surface area contributed by atoms with Gasteiger partial charge in [-0.2, -0.15) is 0 Å². The van der Waals surface area contributed by atoms with Gasteiger partial charge in [0, 0.05) is 13.5 Å². The Morgan fingerprint density at radius 1 is 1.62 bits per heavy atom. The maximum atomic E-state index is 10.7. The third-order valence-electron chi connectivity index (χ3n) is 1.96. The van der Waals surface area contributed by atoms with Crippen LogP contribution in [0.25, 0.3) is 0 Å². The maximum Gasteiger partial charge on any atom is 0.328 e.